The van der Waals surface area contributed by atoms with E-state index in [-0.39, 0.29) is 5.41 Å². The Balaban J connectivity index is 1.09. The lowest BCUT2D eigenvalue weighted by Crippen LogP contribution is -2.14. The second kappa shape index (κ2) is 13.3. The first-order valence-electron chi connectivity index (χ1n) is 20.4. The first-order chi connectivity index (χ1) is 28.5. The molecule has 1 aliphatic rings. The molecule has 1 aliphatic carbocycles. The molecule has 2 nitrogen and oxygen atoms in total. The molecule has 58 heavy (non-hydrogen) atoms. The number of aromatic nitrogens is 2. The van der Waals surface area contributed by atoms with E-state index in [1.54, 1.807) is 0 Å². The number of hydrogen-bond acceptors (Lipinski definition) is 1. The molecule has 0 fully saturated rings. The lowest BCUT2D eigenvalue weighted by Gasteiger charge is -2.23. The van der Waals surface area contributed by atoms with Gasteiger partial charge in [-0.25, -0.2) is 4.98 Å². The molecule has 0 radical (unpaired) electrons. The molecule has 0 saturated heterocycles. The van der Waals surface area contributed by atoms with Crippen molar-refractivity contribution in [1.29, 1.82) is 0 Å². The van der Waals surface area contributed by atoms with Crippen molar-refractivity contribution in [3.63, 3.8) is 0 Å². The molecular formula is C56H42N2. The highest BCUT2D eigenvalue weighted by Crippen LogP contribution is 2.54. The molecule has 1 aromatic heterocycles. The number of aryl methyl sites for hydroxylation is 1. The quantitative estimate of drug-likeness (QED) is 0.155. The molecule has 2 heteroatoms. The fourth-order valence-corrected chi connectivity index (χ4v) is 9.79. The number of nitrogens with zero attached hydrogens (tertiary/aromatic N) is 2. The summed E-state index contributed by atoms with van der Waals surface area (Å²) >= 11 is 0. The molecule has 0 bridgehead atoms. The van der Waals surface area contributed by atoms with Gasteiger partial charge in [-0.3, -0.25) is 4.57 Å². The standard InChI is InChI=1S/C56H42N2/c1-4-52-57-50-23-12-13-24-51(50)58(52)41-32-29-38(30-33-41)37-25-27-39(28-26-37)53-42-17-8-9-18-43(42)54(47-35-40(31-34-44(47)53)36-15-6-5-7-16-36)46-20-14-22-49-55(46)45-19-10-11-21-48(45)56(49,2)3/h5-35H,4H2,1-3H3. The summed E-state index contributed by atoms with van der Waals surface area (Å²) in [7, 11) is 0. The molecular weight excluding hydrogens is 701 g/mol. The first kappa shape index (κ1) is 34.2. The average Bonchev–Trinajstić information content (AvgIpc) is 3.78. The molecule has 0 atom stereocenters. The van der Waals surface area contributed by atoms with Crippen LogP contribution < -0.4 is 0 Å². The first-order valence-corrected chi connectivity index (χ1v) is 20.4. The molecule has 11 rings (SSSR count). The minimum Gasteiger partial charge on any atom is -0.296 e. The van der Waals surface area contributed by atoms with Crippen LogP contribution in [0.25, 0.3) is 93.9 Å². The molecule has 0 spiro atoms. The highest BCUT2D eigenvalue weighted by atomic mass is 15.1. The number of benzene rings is 9. The van der Waals surface area contributed by atoms with Crippen molar-refractivity contribution < 1.29 is 0 Å². The van der Waals surface area contributed by atoms with E-state index in [1.807, 2.05) is 0 Å². The van der Waals surface area contributed by atoms with E-state index in [2.05, 4.69) is 213 Å². The Morgan fingerprint density at radius 1 is 0.431 bits per heavy atom. The molecule has 0 unspecified atom stereocenters. The Morgan fingerprint density at radius 3 is 1.78 bits per heavy atom. The van der Waals surface area contributed by atoms with Gasteiger partial charge in [-0.15, -0.1) is 0 Å². The van der Waals surface area contributed by atoms with Crippen LogP contribution in [0.2, 0.25) is 0 Å². The number of imidazole rings is 1. The van der Waals surface area contributed by atoms with Gasteiger partial charge in [-0.05, 0) is 119 Å². The van der Waals surface area contributed by atoms with Crippen molar-refractivity contribution in [2.75, 3.05) is 0 Å². The molecule has 0 aliphatic heterocycles. The molecule has 9 aromatic carbocycles. The van der Waals surface area contributed by atoms with E-state index in [0.29, 0.717) is 0 Å². The SMILES string of the molecule is CCc1nc2ccccc2n1-c1ccc(-c2ccc(-c3c4ccccc4c(-c4cccc5c4-c4ccccc4C5(C)C)c4cc(-c5ccccc5)ccc34)cc2)cc1. The molecule has 0 amide bonds. The Labute approximate surface area is 339 Å². The minimum atomic E-state index is -0.0862. The maximum Gasteiger partial charge on any atom is 0.114 e. The van der Waals surface area contributed by atoms with Crippen molar-refractivity contribution in [2.45, 2.75) is 32.6 Å². The van der Waals surface area contributed by atoms with Crippen LogP contribution >= 0.6 is 0 Å². The number of para-hydroxylation sites is 2. The zero-order chi connectivity index (χ0) is 39.0. The van der Waals surface area contributed by atoms with Gasteiger partial charge in [0.05, 0.1) is 11.0 Å². The van der Waals surface area contributed by atoms with E-state index >= 15 is 0 Å². The van der Waals surface area contributed by atoms with Gasteiger partial charge in [0, 0.05) is 17.5 Å². The van der Waals surface area contributed by atoms with Gasteiger partial charge in [-0.2, -0.15) is 0 Å². The third-order valence-corrected chi connectivity index (χ3v) is 12.6. The minimum absolute atomic E-state index is 0.0862. The van der Waals surface area contributed by atoms with Crippen LogP contribution in [-0.4, -0.2) is 9.55 Å². The third-order valence-electron chi connectivity index (χ3n) is 12.6. The highest BCUT2D eigenvalue weighted by molar-refractivity contribution is 6.23. The fraction of sp³-hybridized carbons (Fsp3) is 0.0893. The van der Waals surface area contributed by atoms with Crippen molar-refractivity contribution in [1.82, 2.24) is 9.55 Å². The molecule has 0 saturated carbocycles. The zero-order valence-corrected chi connectivity index (χ0v) is 33.0. The third kappa shape index (κ3) is 5.22. The second-order valence-electron chi connectivity index (χ2n) is 16.2. The number of rotatable bonds is 6. The van der Waals surface area contributed by atoms with Crippen LogP contribution in [0.3, 0.4) is 0 Å². The van der Waals surface area contributed by atoms with E-state index in [4.69, 9.17) is 4.98 Å². The Hall–Kier alpha value is -7.03. The Bertz CT molecular complexity index is 3200. The summed E-state index contributed by atoms with van der Waals surface area (Å²) in [6, 6.07) is 69.4. The topological polar surface area (TPSA) is 17.8 Å². The van der Waals surface area contributed by atoms with Gasteiger partial charge < -0.3 is 0 Å². The molecule has 10 aromatic rings. The summed E-state index contributed by atoms with van der Waals surface area (Å²) in [6.07, 6.45) is 0.871. The van der Waals surface area contributed by atoms with Crippen molar-refractivity contribution in [3.8, 4) is 61.3 Å². The lowest BCUT2D eigenvalue weighted by atomic mass is 9.80. The van der Waals surface area contributed by atoms with Crippen LogP contribution in [-0.2, 0) is 11.8 Å². The predicted octanol–water partition coefficient (Wildman–Crippen LogP) is 14.9. The maximum atomic E-state index is 4.91. The Morgan fingerprint density at radius 2 is 1.00 bits per heavy atom. The molecule has 1 heterocycles. The zero-order valence-electron chi connectivity index (χ0n) is 33.0. The van der Waals surface area contributed by atoms with E-state index in [9.17, 15) is 0 Å². The monoisotopic (exact) mass is 742 g/mol. The van der Waals surface area contributed by atoms with Crippen LogP contribution in [0.15, 0.2) is 188 Å². The smallest absolute Gasteiger partial charge is 0.114 e. The largest absolute Gasteiger partial charge is 0.296 e. The van der Waals surface area contributed by atoms with Crippen LogP contribution in [0.1, 0.15) is 37.7 Å². The van der Waals surface area contributed by atoms with Gasteiger partial charge in [0.1, 0.15) is 5.82 Å². The highest BCUT2D eigenvalue weighted by Gasteiger charge is 2.37. The van der Waals surface area contributed by atoms with Crippen molar-refractivity contribution in [2.24, 2.45) is 0 Å². The average molecular weight is 743 g/mol. The van der Waals surface area contributed by atoms with Crippen LogP contribution in [0.5, 0.6) is 0 Å². The summed E-state index contributed by atoms with van der Waals surface area (Å²) < 4.78 is 2.29. The summed E-state index contributed by atoms with van der Waals surface area (Å²) in [6.45, 7) is 6.91. The van der Waals surface area contributed by atoms with Gasteiger partial charge in [-0.1, -0.05) is 178 Å². The van der Waals surface area contributed by atoms with Gasteiger partial charge in [0.2, 0.25) is 0 Å². The van der Waals surface area contributed by atoms with Gasteiger partial charge in [0.15, 0.2) is 0 Å². The van der Waals surface area contributed by atoms with Crippen LogP contribution in [0.4, 0.5) is 0 Å². The molecule has 276 valence electrons. The normalized spacial score (nSPS) is 12.9. The van der Waals surface area contributed by atoms with Crippen molar-refractivity contribution in [3.05, 3.63) is 205 Å². The van der Waals surface area contributed by atoms with Gasteiger partial charge in [0.25, 0.3) is 0 Å². The van der Waals surface area contributed by atoms with Crippen LogP contribution in [0, 0.1) is 0 Å². The Kier molecular flexibility index (Phi) is 7.84. The fourth-order valence-electron chi connectivity index (χ4n) is 9.79. The van der Waals surface area contributed by atoms with E-state index < -0.39 is 0 Å². The summed E-state index contributed by atoms with van der Waals surface area (Å²) in [4.78, 5) is 4.91. The summed E-state index contributed by atoms with van der Waals surface area (Å²) in [5.41, 5.74) is 18.6. The number of hydrogen-bond donors (Lipinski definition) is 0. The van der Waals surface area contributed by atoms with E-state index in [0.717, 1.165) is 29.0 Å². The van der Waals surface area contributed by atoms with Gasteiger partial charge >= 0.3 is 0 Å². The lowest BCUT2D eigenvalue weighted by molar-refractivity contribution is 0.660. The van der Waals surface area contributed by atoms with Crippen molar-refractivity contribution >= 4 is 32.6 Å². The maximum absolute atomic E-state index is 4.91. The second-order valence-corrected chi connectivity index (χ2v) is 16.2. The molecule has 0 N–H and O–H groups in total. The van der Waals surface area contributed by atoms with E-state index in [1.165, 1.54) is 88.3 Å². The summed E-state index contributed by atoms with van der Waals surface area (Å²) in [5, 5.41) is 5.05. The predicted molar refractivity (Wildman–Crippen MR) is 245 cm³/mol. The summed E-state index contributed by atoms with van der Waals surface area (Å²) in [5.74, 6) is 1.07. The number of fused-ring (bicyclic) bond motifs is 6.